The second-order valence-corrected chi connectivity index (χ2v) is 4.67. The highest BCUT2D eigenvalue weighted by atomic mass is 16.5. The van der Waals surface area contributed by atoms with Crippen LogP contribution in [0.15, 0.2) is 0 Å². The number of hydrogen-bond donors (Lipinski definition) is 0. The molecule has 1 amide bonds. The maximum atomic E-state index is 11.8. The van der Waals surface area contributed by atoms with E-state index in [1.54, 1.807) is 14.0 Å². The maximum Gasteiger partial charge on any atom is 0.325 e. The van der Waals surface area contributed by atoms with Crippen molar-refractivity contribution < 1.29 is 19.1 Å². The first-order chi connectivity index (χ1) is 8.56. The summed E-state index contributed by atoms with van der Waals surface area (Å²) in [6, 6.07) is 0. The predicted octanol–water partition coefficient (Wildman–Crippen LogP) is 1.21. The van der Waals surface area contributed by atoms with Gasteiger partial charge in [0.2, 0.25) is 5.91 Å². The van der Waals surface area contributed by atoms with Gasteiger partial charge in [-0.15, -0.1) is 0 Å². The molecule has 1 aliphatic carbocycles. The number of rotatable bonds is 7. The molecule has 0 aromatic carbocycles. The Bertz CT molecular complexity index is 287. The summed E-state index contributed by atoms with van der Waals surface area (Å²) in [5.74, 6) is 0.0517. The molecule has 0 spiro atoms. The molecule has 0 aromatic heterocycles. The summed E-state index contributed by atoms with van der Waals surface area (Å²) in [5.41, 5.74) is 0. The fraction of sp³-hybridized carbons (Fsp3) is 0.846. The van der Waals surface area contributed by atoms with Crippen LogP contribution in [0.1, 0.15) is 33.1 Å². The lowest BCUT2D eigenvalue weighted by molar-refractivity contribution is -0.149. The molecular weight excluding hydrogens is 234 g/mol. The van der Waals surface area contributed by atoms with Crippen molar-refractivity contribution in [1.29, 1.82) is 0 Å². The summed E-state index contributed by atoms with van der Waals surface area (Å²) in [6.45, 7) is 4.84. The van der Waals surface area contributed by atoms with Crippen LogP contribution in [0, 0.1) is 5.92 Å². The van der Waals surface area contributed by atoms with Crippen molar-refractivity contribution in [2.75, 3.05) is 26.8 Å². The molecule has 5 heteroatoms. The number of ether oxygens (including phenoxy) is 2. The van der Waals surface area contributed by atoms with Gasteiger partial charge in [0.05, 0.1) is 12.7 Å². The zero-order valence-corrected chi connectivity index (χ0v) is 11.5. The maximum absolute atomic E-state index is 11.8. The lowest BCUT2D eigenvalue weighted by Crippen LogP contribution is -2.38. The Morgan fingerprint density at radius 2 is 1.89 bits per heavy atom. The van der Waals surface area contributed by atoms with E-state index in [1.807, 2.05) is 6.92 Å². The van der Waals surface area contributed by atoms with Gasteiger partial charge in [0, 0.05) is 20.1 Å². The Morgan fingerprint density at radius 3 is 2.44 bits per heavy atom. The molecule has 0 heterocycles. The summed E-state index contributed by atoms with van der Waals surface area (Å²) in [5, 5.41) is 0. The van der Waals surface area contributed by atoms with Crippen LogP contribution in [0.3, 0.4) is 0 Å². The minimum absolute atomic E-state index is 0.00278. The quantitative estimate of drug-likeness (QED) is 0.643. The number of carbonyl (C=O) groups is 2. The smallest absolute Gasteiger partial charge is 0.325 e. The first kappa shape index (κ1) is 15.0. The van der Waals surface area contributed by atoms with Crippen LogP contribution < -0.4 is 0 Å². The summed E-state index contributed by atoms with van der Waals surface area (Å²) >= 11 is 0. The van der Waals surface area contributed by atoms with Gasteiger partial charge in [-0.25, -0.2) is 0 Å². The van der Waals surface area contributed by atoms with Crippen LogP contribution in [0.5, 0.6) is 0 Å². The van der Waals surface area contributed by atoms with Crippen molar-refractivity contribution in [3.8, 4) is 0 Å². The van der Waals surface area contributed by atoms with Crippen LogP contribution >= 0.6 is 0 Å². The molecule has 0 radical (unpaired) electrons. The molecule has 1 fully saturated rings. The lowest BCUT2D eigenvalue weighted by Gasteiger charge is -2.35. The molecular formula is C13H23NO4. The van der Waals surface area contributed by atoms with Crippen molar-refractivity contribution in [2.45, 2.75) is 39.2 Å². The molecule has 0 aromatic rings. The number of hydrogen-bond acceptors (Lipinski definition) is 4. The van der Waals surface area contributed by atoms with E-state index in [0.29, 0.717) is 25.0 Å². The highest BCUT2D eigenvalue weighted by Crippen LogP contribution is 2.32. The van der Waals surface area contributed by atoms with Gasteiger partial charge in [0.1, 0.15) is 6.54 Å². The highest BCUT2D eigenvalue weighted by molar-refractivity contribution is 5.82. The third-order valence-corrected chi connectivity index (χ3v) is 3.16. The molecule has 0 atom stereocenters. The van der Waals surface area contributed by atoms with Crippen LogP contribution in [0.25, 0.3) is 0 Å². The molecule has 1 aliphatic rings. The Labute approximate surface area is 108 Å². The summed E-state index contributed by atoms with van der Waals surface area (Å²) in [7, 11) is 1.64. The fourth-order valence-corrected chi connectivity index (χ4v) is 2.10. The molecule has 18 heavy (non-hydrogen) atoms. The van der Waals surface area contributed by atoms with Crippen LogP contribution in [-0.2, 0) is 19.1 Å². The number of amides is 1. The summed E-state index contributed by atoms with van der Waals surface area (Å²) in [4.78, 5) is 24.5. The van der Waals surface area contributed by atoms with E-state index in [9.17, 15) is 9.59 Å². The second-order valence-electron chi connectivity index (χ2n) is 4.67. The van der Waals surface area contributed by atoms with E-state index in [-0.39, 0.29) is 18.4 Å². The summed E-state index contributed by atoms with van der Waals surface area (Å²) < 4.78 is 10.3. The summed E-state index contributed by atoms with van der Waals surface area (Å²) in [6.07, 6.45) is 2.72. The standard InChI is InChI=1S/C13H23NO4/c1-4-17-11-6-10(7-11)8-12(15)14(3)9-13(16)18-5-2/h10-11H,4-9H2,1-3H3. The Kier molecular flexibility index (Phi) is 6.12. The first-order valence-electron chi connectivity index (χ1n) is 6.58. The largest absolute Gasteiger partial charge is 0.465 e. The number of carbonyl (C=O) groups excluding carboxylic acids is 2. The van der Waals surface area contributed by atoms with Crippen LogP contribution in [0.4, 0.5) is 0 Å². The number of likely N-dealkylation sites (N-methyl/N-ethyl adjacent to an activating group) is 1. The third kappa shape index (κ3) is 4.64. The van der Waals surface area contributed by atoms with Crippen LogP contribution in [0.2, 0.25) is 0 Å². The molecule has 0 unspecified atom stereocenters. The molecule has 0 aliphatic heterocycles. The van der Waals surface area contributed by atoms with E-state index in [1.165, 1.54) is 4.90 Å². The predicted molar refractivity (Wildman–Crippen MR) is 67.0 cm³/mol. The van der Waals surface area contributed by atoms with Gasteiger partial charge in [-0.05, 0) is 32.6 Å². The minimum Gasteiger partial charge on any atom is -0.465 e. The van der Waals surface area contributed by atoms with E-state index < -0.39 is 0 Å². The van der Waals surface area contributed by atoms with E-state index in [4.69, 9.17) is 9.47 Å². The van der Waals surface area contributed by atoms with Gasteiger partial charge < -0.3 is 14.4 Å². The van der Waals surface area contributed by atoms with Gasteiger partial charge in [-0.3, -0.25) is 9.59 Å². The average Bonchev–Trinajstić information content (AvgIpc) is 2.26. The SMILES string of the molecule is CCOC(=O)CN(C)C(=O)CC1CC(OCC)C1. The number of nitrogens with zero attached hydrogens (tertiary/aromatic N) is 1. The van der Waals surface area contributed by atoms with E-state index in [0.717, 1.165) is 19.4 Å². The Morgan fingerprint density at radius 1 is 1.22 bits per heavy atom. The molecule has 0 N–H and O–H groups in total. The number of esters is 1. The highest BCUT2D eigenvalue weighted by Gasteiger charge is 2.32. The topological polar surface area (TPSA) is 55.8 Å². The van der Waals surface area contributed by atoms with E-state index in [2.05, 4.69) is 0 Å². The van der Waals surface area contributed by atoms with Crippen molar-refractivity contribution in [2.24, 2.45) is 5.92 Å². The van der Waals surface area contributed by atoms with Gasteiger partial charge in [-0.1, -0.05) is 0 Å². The second kappa shape index (κ2) is 7.36. The van der Waals surface area contributed by atoms with E-state index >= 15 is 0 Å². The Balaban J connectivity index is 2.19. The van der Waals surface area contributed by atoms with Crippen molar-refractivity contribution in [1.82, 2.24) is 4.90 Å². The molecule has 5 nitrogen and oxygen atoms in total. The van der Waals surface area contributed by atoms with Gasteiger partial charge in [-0.2, -0.15) is 0 Å². The monoisotopic (exact) mass is 257 g/mol. The first-order valence-corrected chi connectivity index (χ1v) is 6.58. The van der Waals surface area contributed by atoms with Gasteiger partial charge in [0.25, 0.3) is 0 Å². The van der Waals surface area contributed by atoms with Crippen molar-refractivity contribution in [3.63, 3.8) is 0 Å². The zero-order chi connectivity index (χ0) is 13.5. The normalized spacial score (nSPS) is 22.2. The minimum atomic E-state index is -0.353. The zero-order valence-electron chi connectivity index (χ0n) is 11.5. The van der Waals surface area contributed by atoms with Gasteiger partial charge >= 0.3 is 5.97 Å². The third-order valence-electron chi connectivity index (χ3n) is 3.16. The molecule has 1 rings (SSSR count). The van der Waals surface area contributed by atoms with Crippen molar-refractivity contribution in [3.05, 3.63) is 0 Å². The van der Waals surface area contributed by atoms with Crippen LogP contribution in [-0.4, -0.2) is 49.7 Å². The lowest BCUT2D eigenvalue weighted by atomic mass is 9.80. The fourth-order valence-electron chi connectivity index (χ4n) is 2.10. The van der Waals surface area contributed by atoms with Gasteiger partial charge in [0.15, 0.2) is 0 Å². The molecule has 0 bridgehead atoms. The Hall–Kier alpha value is -1.10. The van der Waals surface area contributed by atoms with Crippen molar-refractivity contribution >= 4 is 11.9 Å². The molecule has 104 valence electrons. The molecule has 0 saturated heterocycles. The average molecular weight is 257 g/mol. The molecule has 1 saturated carbocycles.